The minimum atomic E-state index is -0.370. The van der Waals surface area contributed by atoms with Crippen molar-refractivity contribution in [3.8, 4) is 22.5 Å². The predicted molar refractivity (Wildman–Crippen MR) is 115 cm³/mol. The van der Waals surface area contributed by atoms with E-state index in [-0.39, 0.29) is 10.6 Å². The maximum absolute atomic E-state index is 11.1. The van der Waals surface area contributed by atoms with Crippen molar-refractivity contribution in [2.75, 3.05) is 0 Å². The van der Waals surface area contributed by atoms with Gasteiger partial charge in [0, 0.05) is 17.7 Å². The van der Waals surface area contributed by atoms with Crippen LogP contribution >= 0.6 is 0 Å². The van der Waals surface area contributed by atoms with Gasteiger partial charge < -0.3 is 0 Å². The van der Waals surface area contributed by atoms with Gasteiger partial charge in [-0.15, -0.1) is 0 Å². The second kappa shape index (κ2) is 7.72. The number of aryl methyl sites for hydroxylation is 2. The first-order chi connectivity index (χ1) is 14.0. The van der Waals surface area contributed by atoms with Crippen molar-refractivity contribution >= 4 is 5.69 Å². The molecule has 0 saturated carbocycles. The third-order valence-electron chi connectivity index (χ3n) is 4.93. The normalized spacial score (nSPS) is 10.8. The van der Waals surface area contributed by atoms with Crippen LogP contribution in [0.15, 0.2) is 78.9 Å². The molecule has 1 heterocycles. The summed E-state index contributed by atoms with van der Waals surface area (Å²) in [6.07, 6.45) is 0. The van der Waals surface area contributed by atoms with Crippen molar-refractivity contribution < 1.29 is 4.92 Å². The van der Waals surface area contributed by atoms with Gasteiger partial charge in [0.15, 0.2) is 0 Å². The number of benzene rings is 3. The van der Waals surface area contributed by atoms with E-state index in [9.17, 15) is 10.1 Å². The smallest absolute Gasteiger partial charge is 0.260 e. The van der Waals surface area contributed by atoms with Gasteiger partial charge in [-0.2, -0.15) is 5.10 Å². The molecule has 4 aromatic rings. The van der Waals surface area contributed by atoms with Crippen LogP contribution in [0.3, 0.4) is 0 Å². The summed E-state index contributed by atoms with van der Waals surface area (Å²) in [5.41, 5.74) is 7.28. The highest BCUT2D eigenvalue weighted by molar-refractivity contribution is 5.69. The topological polar surface area (TPSA) is 61.0 Å². The standard InChI is InChI=1S/C24H21N3O2/c1-17-6-10-20(11-7-17)23-15-24(21-12-8-18(2)9-13-21)26(25-23)16-19-4-3-5-22(14-19)27(28)29/h3-15H,16H2,1-2H3. The van der Waals surface area contributed by atoms with Crippen LogP contribution in [0.4, 0.5) is 5.69 Å². The zero-order chi connectivity index (χ0) is 20.4. The molecule has 5 heteroatoms. The van der Waals surface area contributed by atoms with Crippen molar-refractivity contribution in [2.24, 2.45) is 0 Å². The molecular weight excluding hydrogens is 362 g/mol. The summed E-state index contributed by atoms with van der Waals surface area (Å²) in [5, 5.41) is 16.0. The lowest BCUT2D eigenvalue weighted by molar-refractivity contribution is -0.384. The largest absolute Gasteiger partial charge is 0.269 e. The quantitative estimate of drug-likeness (QED) is 0.324. The summed E-state index contributed by atoms with van der Waals surface area (Å²) in [6.45, 7) is 4.57. The molecule has 0 N–H and O–H groups in total. The molecule has 144 valence electrons. The molecule has 0 saturated heterocycles. The van der Waals surface area contributed by atoms with Gasteiger partial charge in [-0.05, 0) is 31.0 Å². The van der Waals surface area contributed by atoms with Crippen molar-refractivity contribution in [2.45, 2.75) is 20.4 Å². The summed E-state index contributed by atoms with van der Waals surface area (Å²) in [4.78, 5) is 10.8. The maximum Gasteiger partial charge on any atom is 0.269 e. The zero-order valence-corrected chi connectivity index (χ0v) is 16.4. The van der Waals surface area contributed by atoms with Gasteiger partial charge in [0.05, 0.1) is 22.9 Å². The van der Waals surface area contributed by atoms with Gasteiger partial charge in [-0.1, -0.05) is 71.8 Å². The van der Waals surface area contributed by atoms with E-state index in [1.807, 2.05) is 10.7 Å². The van der Waals surface area contributed by atoms with E-state index in [2.05, 4.69) is 68.4 Å². The first-order valence-corrected chi connectivity index (χ1v) is 9.45. The molecule has 29 heavy (non-hydrogen) atoms. The zero-order valence-electron chi connectivity index (χ0n) is 16.4. The number of hydrogen-bond donors (Lipinski definition) is 0. The summed E-state index contributed by atoms with van der Waals surface area (Å²) in [5.74, 6) is 0. The number of nitro benzene ring substituents is 1. The Kier molecular flexibility index (Phi) is 4.96. The summed E-state index contributed by atoms with van der Waals surface area (Å²) < 4.78 is 1.92. The van der Waals surface area contributed by atoms with Crippen LogP contribution in [-0.4, -0.2) is 14.7 Å². The first-order valence-electron chi connectivity index (χ1n) is 9.45. The summed E-state index contributed by atoms with van der Waals surface area (Å²) in [6, 6.07) is 25.4. The van der Waals surface area contributed by atoms with Crippen LogP contribution in [0.2, 0.25) is 0 Å². The average molecular weight is 383 g/mol. The number of hydrogen-bond acceptors (Lipinski definition) is 3. The SMILES string of the molecule is Cc1ccc(-c2cc(-c3ccc(C)cc3)n(Cc3cccc([N+](=O)[O-])c3)n2)cc1. The molecule has 0 atom stereocenters. The predicted octanol–water partition coefficient (Wildman–Crippen LogP) is 5.79. The number of rotatable bonds is 5. The Morgan fingerprint density at radius 1 is 0.862 bits per heavy atom. The van der Waals surface area contributed by atoms with Gasteiger partial charge >= 0.3 is 0 Å². The monoisotopic (exact) mass is 383 g/mol. The third kappa shape index (κ3) is 4.09. The number of nitrogens with zero attached hydrogens (tertiary/aromatic N) is 3. The summed E-state index contributed by atoms with van der Waals surface area (Å²) in [7, 11) is 0. The molecule has 0 aliphatic heterocycles. The van der Waals surface area contributed by atoms with Gasteiger partial charge in [-0.3, -0.25) is 14.8 Å². The highest BCUT2D eigenvalue weighted by atomic mass is 16.6. The highest BCUT2D eigenvalue weighted by Crippen LogP contribution is 2.28. The Morgan fingerprint density at radius 2 is 1.48 bits per heavy atom. The fourth-order valence-electron chi connectivity index (χ4n) is 3.30. The van der Waals surface area contributed by atoms with Crippen LogP contribution in [0.1, 0.15) is 16.7 Å². The third-order valence-corrected chi connectivity index (χ3v) is 4.93. The van der Waals surface area contributed by atoms with E-state index in [1.165, 1.54) is 17.2 Å². The summed E-state index contributed by atoms with van der Waals surface area (Å²) >= 11 is 0. The molecule has 0 spiro atoms. The molecule has 0 unspecified atom stereocenters. The lowest BCUT2D eigenvalue weighted by Gasteiger charge is -2.08. The van der Waals surface area contributed by atoms with Crippen molar-refractivity contribution in [1.82, 2.24) is 9.78 Å². The van der Waals surface area contributed by atoms with E-state index < -0.39 is 0 Å². The lowest BCUT2D eigenvalue weighted by Crippen LogP contribution is -2.04. The van der Waals surface area contributed by atoms with Crippen LogP contribution in [0.25, 0.3) is 22.5 Å². The Bertz CT molecular complexity index is 1160. The molecule has 1 aromatic heterocycles. The van der Waals surface area contributed by atoms with Crippen LogP contribution in [-0.2, 0) is 6.54 Å². The van der Waals surface area contributed by atoms with Crippen molar-refractivity contribution in [3.63, 3.8) is 0 Å². The van der Waals surface area contributed by atoms with Crippen LogP contribution in [0, 0.1) is 24.0 Å². The number of nitro groups is 1. The van der Waals surface area contributed by atoms with Crippen molar-refractivity contribution in [1.29, 1.82) is 0 Å². The second-order valence-corrected chi connectivity index (χ2v) is 7.23. The number of non-ortho nitro benzene ring substituents is 1. The number of aromatic nitrogens is 2. The Balaban J connectivity index is 1.78. The Morgan fingerprint density at radius 3 is 2.10 bits per heavy atom. The molecule has 0 fully saturated rings. The van der Waals surface area contributed by atoms with E-state index in [0.29, 0.717) is 6.54 Å². The van der Waals surface area contributed by atoms with Gasteiger partial charge in [0.1, 0.15) is 0 Å². The minimum Gasteiger partial charge on any atom is -0.260 e. The Hall–Kier alpha value is -3.73. The molecule has 5 nitrogen and oxygen atoms in total. The van der Waals surface area contributed by atoms with Gasteiger partial charge in [0.25, 0.3) is 5.69 Å². The van der Waals surface area contributed by atoms with Gasteiger partial charge in [0.2, 0.25) is 0 Å². The second-order valence-electron chi connectivity index (χ2n) is 7.23. The first kappa shape index (κ1) is 18.6. The minimum absolute atomic E-state index is 0.0882. The van der Waals surface area contributed by atoms with Crippen molar-refractivity contribution in [3.05, 3.63) is 106 Å². The fourth-order valence-corrected chi connectivity index (χ4v) is 3.30. The van der Waals surface area contributed by atoms with E-state index >= 15 is 0 Å². The van der Waals surface area contributed by atoms with E-state index in [4.69, 9.17) is 5.10 Å². The molecule has 4 rings (SSSR count). The van der Waals surface area contributed by atoms with Gasteiger partial charge in [-0.25, -0.2) is 0 Å². The fraction of sp³-hybridized carbons (Fsp3) is 0.125. The highest BCUT2D eigenvalue weighted by Gasteiger charge is 2.13. The molecule has 3 aromatic carbocycles. The molecular formula is C24H21N3O2. The molecule has 0 amide bonds. The van der Waals surface area contributed by atoms with Crippen LogP contribution in [0.5, 0.6) is 0 Å². The molecule has 0 aliphatic carbocycles. The van der Waals surface area contributed by atoms with E-state index in [0.717, 1.165) is 28.1 Å². The molecule has 0 radical (unpaired) electrons. The maximum atomic E-state index is 11.1. The molecule has 0 aliphatic rings. The van der Waals surface area contributed by atoms with E-state index in [1.54, 1.807) is 12.1 Å². The lowest BCUT2D eigenvalue weighted by atomic mass is 10.1. The average Bonchev–Trinajstić information content (AvgIpc) is 3.13. The Labute approximate surface area is 169 Å². The van der Waals surface area contributed by atoms with Crippen LogP contribution < -0.4 is 0 Å². The molecule has 0 bridgehead atoms.